The molecule has 3 heteroatoms. The Balaban J connectivity index is 1.26. The van der Waals surface area contributed by atoms with Crippen molar-refractivity contribution in [2.45, 2.75) is 0 Å². The molecule has 0 aliphatic rings. The minimum Gasteiger partial charge on any atom is -0.456 e. The number of nitrogens with zero attached hydrogens (tertiary/aromatic N) is 2. The summed E-state index contributed by atoms with van der Waals surface area (Å²) in [7, 11) is 0. The molecular weight excluding hydrogens is 560 g/mol. The highest BCUT2D eigenvalue weighted by atomic mass is 16.3. The van der Waals surface area contributed by atoms with E-state index in [4.69, 9.17) is 4.42 Å². The van der Waals surface area contributed by atoms with E-state index in [1.807, 2.05) is 12.3 Å². The average molecular weight is 589 g/mol. The summed E-state index contributed by atoms with van der Waals surface area (Å²) in [6, 6.07) is 57.9. The molecule has 0 spiro atoms. The van der Waals surface area contributed by atoms with Crippen LogP contribution in [-0.2, 0) is 0 Å². The Bertz CT molecular complexity index is 2530. The van der Waals surface area contributed by atoms with Crippen molar-refractivity contribution in [3.8, 4) is 22.3 Å². The molecule has 0 saturated carbocycles. The van der Waals surface area contributed by atoms with E-state index in [0.29, 0.717) is 0 Å². The van der Waals surface area contributed by atoms with Crippen LogP contribution in [0, 0.1) is 0 Å². The molecular formula is C43H28N2O. The second-order valence-corrected chi connectivity index (χ2v) is 11.6. The van der Waals surface area contributed by atoms with Crippen molar-refractivity contribution < 1.29 is 4.42 Å². The van der Waals surface area contributed by atoms with Gasteiger partial charge in [0.25, 0.3) is 0 Å². The number of rotatable bonds is 5. The minimum absolute atomic E-state index is 0.847. The third kappa shape index (κ3) is 4.41. The summed E-state index contributed by atoms with van der Waals surface area (Å²) >= 11 is 0. The van der Waals surface area contributed by atoms with Crippen LogP contribution < -0.4 is 4.90 Å². The van der Waals surface area contributed by atoms with Gasteiger partial charge in [0.15, 0.2) is 0 Å². The summed E-state index contributed by atoms with van der Waals surface area (Å²) in [5, 5.41) is 5.67. The topological polar surface area (TPSA) is 29.3 Å². The lowest BCUT2D eigenvalue weighted by Gasteiger charge is -2.27. The van der Waals surface area contributed by atoms with Gasteiger partial charge in [0.2, 0.25) is 0 Å². The van der Waals surface area contributed by atoms with Gasteiger partial charge in [-0.2, -0.15) is 0 Å². The monoisotopic (exact) mass is 588 g/mol. The summed E-state index contributed by atoms with van der Waals surface area (Å²) in [4.78, 5) is 7.01. The van der Waals surface area contributed by atoms with Gasteiger partial charge in [0.1, 0.15) is 11.2 Å². The summed E-state index contributed by atoms with van der Waals surface area (Å²) in [5.74, 6) is 0. The Labute approximate surface area is 266 Å². The van der Waals surface area contributed by atoms with Crippen LogP contribution in [0.2, 0.25) is 0 Å². The highest BCUT2D eigenvalue weighted by Crippen LogP contribution is 2.44. The van der Waals surface area contributed by atoms with Gasteiger partial charge >= 0.3 is 0 Å². The Morgan fingerprint density at radius 3 is 2.13 bits per heavy atom. The van der Waals surface area contributed by atoms with Crippen LogP contribution >= 0.6 is 0 Å². The van der Waals surface area contributed by atoms with E-state index >= 15 is 0 Å². The summed E-state index contributed by atoms with van der Waals surface area (Å²) in [6.45, 7) is 0. The summed E-state index contributed by atoms with van der Waals surface area (Å²) in [6.07, 6.45) is 1.84. The van der Waals surface area contributed by atoms with Crippen molar-refractivity contribution in [1.29, 1.82) is 0 Å². The number of hydrogen-bond donors (Lipinski definition) is 0. The van der Waals surface area contributed by atoms with E-state index in [2.05, 4.69) is 168 Å². The van der Waals surface area contributed by atoms with Gasteiger partial charge in [0, 0.05) is 28.3 Å². The molecule has 0 aliphatic carbocycles. The van der Waals surface area contributed by atoms with E-state index in [1.54, 1.807) is 0 Å². The zero-order valence-corrected chi connectivity index (χ0v) is 25.0. The second-order valence-electron chi connectivity index (χ2n) is 11.6. The molecule has 2 heterocycles. The molecule has 9 rings (SSSR count). The molecule has 9 aromatic rings. The highest BCUT2D eigenvalue weighted by molar-refractivity contribution is 6.16. The van der Waals surface area contributed by atoms with Crippen LogP contribution in [-0.4, -0.2) is 4.98 Å². The second kappa shape index (κ2) is 10.8. The van der Waals surface area contributed by atoms with Gasteiger partial charge in [-0.05, 0) is 87.6 Å². The van der Waals surface area contributed by atoms with Crippen molar-refractivity contribution in [2.24, 2.45) is 0 Å². The molecule has 0 bridgehead atoms. The largest absolute Gasteiger partial charge is 0.456 e. The smallest absolute Gasteiger partial charge is 0.137 e. The van der Waals surface area contributed by atoms with Crippen LogP contribution in [0.5, 0.6) is 0 Å². The fourth-order valence-corrected chi connectivity index (χ4v) is 6.71. The maximum atomic E-state index is 6.48. The van der Waals surface area contributed by atoms with Gasteiger partial charge in [-0.3, -0.25) is 4.98 Å². The molecule has 7 aromatic carbocycles. The molecule has 0 fully saturated rings. The summed E-state index contributed by atoms with van der Waals surface area (Å²) < 4.78 is 6.48. The quantitative estimate of drug-likeness (QED) is 0.200. The number of aromatic nitrogens is 1. The number of pyridine rings is 1. The zero-order chi connectivity index (χ0) is 30.5. The number of benzene rings is 7. The number of anilines is 3. The SMILES string of the molecule is c1ccc(-c2cccc(N(c3ccc(-c4cccc5ccccc45)cc3)c3cccc4oc5cc6cccnc6cc5c34)c2)cc1. The maximum absolute atomic E-state index is 6.48. The van der Waals surface area contributed by atoms with Crippen molar-refractivity contribution in [2.75, 3.05) is 4.90 Å². The molecule has 0 unspecified atom stereocenters. The standard InChI is InChI=1S/C43H28N2O/c1-2-10-29(11-3-1)32-14-6-16-35(26-32)45(34-23-21-31(22-24-34)37-18-7-13-30-12-4-5-17-36(30)37)40-19-8-20-41-43(40)38-28-39-33(15-9-25-44-39)27-42(38)46-41/h1-28H. The lowest BCUT2D eigenvalue weighted by atomic mass is 9.98. The molecule has 3 nitrogen and oxygen atoms in total. The molecule has 2 aromatic heterocycles. The van der Waals surface area contributed by atoms with Gasteiger partial charge in [-0.1, -0.05) is 109 Å². The van der Waals surface area contributed by atoms with Crippen LogP contribution in [0.25, 0.3) is 65.9 Å². The molecule has 0 radical (unpaired) electrons. The van der Waals surface area contributed by atoms with Gasteiger partial charge in [-0.15, -0.1) is 0 Å². The molecule has 0 atom stereocenters. The van der Waals surface area contributed by atoms with Crippen molar-refractivity contribution >= 4 is 60.7 Å². The number of furan rings is 1. The molecule has 0 aliphatic heterocycles. The molecule has 0 amide bonds. The van der Waals surface area contributed by atoms with Crippen molar-refractivity contribution in [1.82, 2.24) is 4.98 Å². The molecule has 46 heavy (non-hydrogen) atoms. The first-order valence-electron chi connectivity index (χ1n) is 15.5. The van der Waals surface area contributed by atoms with Crippen molar-refractivity contribution in [3.63, 3.8) is 0 Å². The molecule has 0 N–H and O–H groups in total. The predicted octanol–water partition coefficient (Wildman–Crippen LogP) is 12.1. The van der Waals surface area contributed by atoms with E-state index in [1.165, 1.54) is 27.5 Å². The first-order chi connectivity index (χ1) is 22.8. The Hall–Kier alpha value is -6.19. The third-order valence-corrected chi connectivity index (χ3v) is 8.88. The summed E-state index contributed by atoms with van der Waals surface area (Å²) in [5.41, 5.74) is 10.6. The fraction of sp³-hybridized carbons (Fsp3) is 0. The van der Waals surface area contributed by atoms with Crippen LogP contribution in [0.4, 0.5) is 17.1 Å². The normalized spacial score (nSPS) is 11.5. The number of fused-ring (bicyclic) bond motifs is 5. The van der Waals surface area contributed by atoms with Crippen LogP contribution in [0.3, 0.4) is 0 Å². The lowest BCUT2D eigenvalue weighted by Crippen LogP contribution is -2.10. The average Bonchev–Trinajstić information content (AvgIpc) is 3.49. The molecule has 216 valence electrons. The van der Waals surface area contributed by atoms with E-state index in [9.17, 15) is 0 Å². The predicted molar refractivity (Wildman–Crippen MR) is 192 cm³/mol. The van der Waals surface area contributed by atoms with Gasteiger partial charge < -0.3 is 9.32 Å². The first kappa shape index (κ1) is 26.2. The maximum Gasteiger partial charge on any atom is 0.137 e. The van der Waals surface area contributed by atoms with E-state index in [-0.39, 0.29) is 0 Å². The van der Waals surface area contributed by atoms with E-state index in [0.717, 1.165) is 55.5 Å². The number of hydrogen-bond acceptors (Lipinski definition) is 3. The molecule has 0 saturated heterocycles. The Morgan fingerprint density at radius 2 is 1.22 bits per heavy atom. The van der Waals surface area contributed by atoms with Crippen LogP contribution in [0.1, 0.15) is 0 Å². The zero-order valence-electron chi connectivity index (χ0n) is 25.0. The Morgan fingerprint density at radius 1 is 0.457 bits per heavy atom. The van der Waals surface area contributed by atoms with Gasteiger partial charge in [0.05, 0.1) is 16.6 Å². The fourth-order valence-electron chi connectivity index (χ4n) is 6.71. The highest BCUT2D eigenvalue weighted by Gasteiger charge is 2.20. The van der Waals surface area contributed by atoms with Crippen LogP contribution in [0.15, 0.2) is 174 Å². The minimum atomic E-state index is 0.847. The van der Waals surface area contributed by atoms with Crippen molar-refractivity contribution in [3.05, 3.63) is 170 Å². The third-order valence-electron chi connectivity index (χ3n) is 8.88. The van der Waals surface area contributed by atoms with E-state index < -0.39 is 0 Å². The Kier molecular flexibility index (Phi) is 6.14. The van der Waals surface area contributed by atoms with Gasteiger partial charge in [-0.25, -0.2) is 0 Å². The first-order valence-corrected chi connectivity index (χ1v) is 15.5. The lowest BCUT2D eigenvalue weighted by molar-refractivity contribution is 0.669.